The van der Waals surface area contributed by atoms with Crippen molar-refractivity contribution in [3.8, 4) is 0 Å². The zero-order chi connectivity index (χ0) is 12.6. The third-order valence-corrected chi connectivity index (χ3v) is 3.20. The monoisotopic (exact) mass is 272 g/mol. The number of likely N-dealkylation sites (N-methyl/N-ethyl adjacent to an activating group) is 1. The van der Waals surface area contributed by atoms with Gasteiger partial charge in [0.2, 0.25) is 5.91 Å². The van der Waals surface area contributed by atoms with Crippen LogP contribution in [0.5, 0.6) is 0 Å². The zero-order valence-corrected chi connectivity index (χ0v) is 10.5. The molecule has 0 saturated carbocycles. The van der Waals surface area contributed by atoms with Gasteiger partial charge in [0.1, 0.15) is 0 Å². The number of hydrogen-bond donors (Lipinski definition) is 1. The van der Waals surface area contributed by atoms with Crippen LogP contribution in [0.25, 0.3) is 0 Å². The normalized spacial score (nSPS) is 20.2. The first-order valence-corrected chi connectivity index (χ1v) is 5.79. The summed E-state index contributed by atoms with van der Waals surface area (Å²) < 4.78 is 0. The number of halogens is 2. The highest BCUT2D eigenvalue weighted by Crippen LogP contribution is 2.32. The smallest absolute Gasteiger partial charge is 0.251 e. The third-order valence-electron chi connectivity index (χ3n) is 2.64. The second-order valence-electron chi connectivity index (χ2n) is 3.71. The summed E-state index contributed by atoms with van der Waals surface area (Å²) in [6.07, 6.45) is 0.137. The number of imide groups is 1. The van der Waals surface area contributed by atoms with Gasteiger partial charge in [-0.1, -0.05) is 23.2 Å². The Labute approximate surface area is 108 Å². The minimum atomic E-state index is -0.488. The van der Waals surface area contributed by atoms with Crippen molar-refractivity contribution in [2.75, 3.05) is 11.9 Å². The Kier molecular flexibility index (Phi) is 3.38. The van der Waals surface area contributed by atoms with Crippen LogP contribution in [0.2, 0.25) is 10.0 Å². The van der Waals surface area contributed by atoms with Crippen LogP contribution >= 0.6 is 23.2 Å². The lowest BCUT2D eigenvalue weighted by molar-refractivity contribution is -0.121. The average Bonchev–Trinajstić information content (AvgIpc) is 2.58. The zero-order valence-electron chi connectivity index (χ0n) is 9.04. The number of nitrogens with one attached hydrogen (secondary N) is 1. The molecule has 2 rings (SSSR count). The first kappa shape index (κ1) is 12.4. The maximum Gasteiger partial charge on any atom is 0.251 e. The van der Waals surface area contributed by atoms with Crippen molar-refractivity contribution in [3.63, 3.8) is 0 Å². The third kappa shape index (κ3) is 2.16. The van der Waals surface area contributed by atoms with Crippen molar-refractivity contribution in [2.45, 2.75) is 12.5 Å². The molecule has 4 nitrogen and oxygen atoms in total. The molecule has 0 radical (unpaired) electrons. The molecule has 1 N–H and O–H groups in total. The fourth-order valence-electron chi connectivity index (χ4n) is 1.77. The topological polar surface area (TPSA) is 49.4 Å². The number of rotatable bonds is 2. The van der Waals surface area contributed by atoms with Gasteiger partial charge in [-0.05, 0) is 25.2 Å². The Hall–Kier alpha value is -1.10. The molecule has 1 aromatic carbocycles. The predicted octanol–water partition coefficient (Wildman–Crippen LogP) is 1.84. The van der Waals surface area contributed by atoms with Gasteiger partial charge in [0.05, 0.1) is 23.2 Å². The summed E-state index contributed by atoms with van der Waals surface area (Å²) in [5, 5.41) is 3.55. The van der Waals surface area contributed by atoms with Gasteiger partial charge in [0.15, 0.2) is 0 Å². The minimum absolute atomic E-state index is 0.137. The van der Waals surface area contributed by atoms with Crippen LogP contribution < -0.4 is 10.2 Å². The Balaban J connectivity index is 2.43. The van der Waals surface area contributed by atoms with Gasteiger partial charge >= 0.3 is 0 Å². The molecule has 0 aliphatic carbocycles. The maximum atomic E-state index is 12.0. The number of nitrogens with zero attached hydrogens (tertiary/aromatic N) is 1. The quantitative estimate of drug-likeness (QED) is 0.836. The van der Waals surface area contributed by atoms with Gasteiger partial charge in [-0.15, -0.1) is 0 Å². The van der Waals surface area contributed by atoms with E-state index in [4.69, 9.17) is 23.2 Å². The van der Waals surface area contributed by atoms with E-state index in [0.717, 1.165) is 4.90 Å². The molecule has 1 fully saturated rings. The van der Waals surface area contributed by atoms with E-state index in [-0.39, 0.29) is 18.2 Å². The standard InChI is InChI=1S/C11H10Cl2N2O2/c1-14-8-5-10(16)15(11(8)17)9-4-6(12)2-3-7(9)13/h2-4,8,14H,5H2,1H3. The van der Waals surface area contributed by atoms with Crippen LogP contribution in [0.1, 0.15) is 6.42 Å². The summed E-state index contributed by atoms with van der Waals surface area (Å²) in [6.45, 7) is 0. The molecular formula is C11H10Cl2N2O2. The van der Waals surface area contributed by atoms with E-state index in [1.54, 1.807) is 19.2 Å². The molecule has 90 valence electrons. The second kappa shape index (κ2) is 4.64. The fraction of sp³-hybridized carbons (Fsp3) is 0.273. The van der Waals surface area contributed by atoms with Gasteiger partial charge in [0.25, 0.3) is 5.91 Å². The molecule has 1 saturated heterocycles. The molecule has 1 aliphatic rings. The molecule has 1 unspecified atom stereocenters. The predicted molar refractivity (Wildman–Crippen MR) is 66.4 cm³/mol. The van der Waals surface area contributed by atoms with Crippen molar-refractivity contribution in [1.82, 2.24) is 5.32 Å². The molecule has 0 aromatic heterocycles. The Morgan fingerprint density at radius 2 is 2.06 bits per heavy atom. The highest BCUT2D eigenvalue weighted by Gasteiger charge is 2.39. The van der Waals surface area contributed by atoms with E-state index in [0.29, 0.717) is 15.7 Å². The lowest BCUT2D eigenvalue weighted by Crippen LogP contribution is -2.37. The van der Waals surface area contributed by atoms with Crippen molar-refractivity contribution in [1.29, 1.82) is 0 Å². The van der Waals surface area contributed by atoms with Crippen LogP contribution in [0.15, 0.2) is 18.2 Å². The number of carbonyl (C=O) groups excluding carboxylic acids is 2. The van der Waals surface area contributed by atoms with Crippen LogP contribution in [-0.2, 0) is 9.59 Å². The lowest BCUT2D eigenvalue weighted by Gasteiger charge is -2.16. The molecule has 6 heteroatoms. The average molecular weight is 273 g/mol. The first-order valence-electron chi connectivity index (χ1n) is 5.03. The first-order chi connectivity index (χ1) is 8.04. The maximum absolute atomic E-state index is 12.0. The van der Waals surface area contributed by atoms with Gasteiger partial charge in [0, 0.05) is 5.02 Å². The number of hydrogen-bond acceptors (Lipinski definition) is 3. The summed E-state index contributed by atoms with van der Waals surface area (Å²) in [5.41, 5.74) is 0.340. The van der Waals surface area contributed by atoms with Gasteiger partial charge < -0.3 is 5.32 Å². The van der Waals surface area contributed by atoms with Crippen LogP contribution in [0.3, 0.4) is 0 Å². The van der Waals surface area contributed by atoms with Crippen LogP contribution in [0.4, 0.5) is 5.69 Å². The molecule has 1 atom stereocenters. The fourth-order valence-corrected chi connectivity index (χ4v) is 2.14. The molecular weight excluding hydrogens is 263 g/mol. The van der Waals surface area contributed by atoms with E-state index >= 15 is 0 Å². The molecule has 2 amide bonds. The number of benzene rings is 1. The van der Waals surface area contributed by atoms with Crippen LogP contribution in [-0.4, -0.2) is 24.9 Å². The Morgan fingerprint density at radius 1 is 1.35 bits per heavy atom. The molecule has 1 aliphatic heterocycles. The van der Waals surface area contributed by atoms with E-state index in [1.165, 1.54) is 6.07 Å². The van der Waals surface area contributed by atoms with Crippen molar-refractivity contribution < 1.29 is 9.59 Å². The summed E-state index contributed by atoms with van der Waals surface area (Å²) in [4.78, 5) is 24.8. The number of amides is 2. The summed E-state index contributed by atoms with van der Waals surface area (Å²) in [6, 6.07) is 4.19. The Bertz CT molecular complexity index is 490. The molecule has 0 bridgehead atoms. The van der Waals surface area contributed by atoms with E-state index in [1.807, 2.05) is 0 Å². The SMILES string of the molecule is CNC1CC(=O)N(c2cc(Cl)ccc2Cl)C1=O. The van der Waals surface area contributed by atoms with E-state index in [2.05, 4.69) is 5.32 Å². The summed E-state index contributed by atoms with van der Waals surface area (Å²) in [7, 11) is 1.64. The van der Waals surface area contributed by atoms with Crippen molar-refractivity contribution in [3.05, 3.63) is 28.2 Å². The molecule has 1 aromatic rings. The highest BCUT2D eigenvalue weighted by molar-refractivity contribution is 6.37. The number of carbonyl (C=O) groups is 2. The Morgan fingerprint density at radius 3 is 2.65 bits per heavy atom. The van der Waals surface area contributed by atoms with Crippen molar-refractivity contribution in [2.24, 2.45) is 0 Å². The van der Waals surface area contributed by atoms with Gasteiger partial charge in [-0.25, -0.2) is 4.90 Å². The molecule has 17 heavy (non-hydrogen) atoms. The van der Waals surface area contributed by atoms with Crippen molar-refractivity contribution >= 4 is 40.7 Å². The molecule has 0 spiro atoms. The largest absolute Gasteiger partial charge is 0.308 e. The number of anilines is 1. The van der Waals surface area contributed by atoms with Gasteiger partial charge in [-0.2, -0.15) is 0 Å². The highest BCUT2D eigenvalue weighted by atomic mass is 35.5. The minimum Gasteiger partial charge on any atom is -0.308 e. The van der Waals surface area contributed by atoms with E-state index < -0.39 is 6.04 Å². The van der Waals surface area contributed by atoms with Crippen LogP contribution in [0, 0.1) is 0 Å². The summed E-state index contributed by atoms with van der Waals surface area (Å²) >= 11 is 11.8. The second-order valence-corrected chi connectivity index (χ2v) is 4.55. The molecule has 1 heterocycles. The van der Waals surface area contributed by atoms with E-state index in [9.17, 15) is 9.59 Å². The lowest BCUT2D eigenvalue weighted by atomic mass is 10.2. The summed E-state index contributed by atoms with van der Waals surface area (Å²) in [5.74, 6) is -0.583. The van der Waals surface area contributed by atoms with Gasteiger partial charge in [-0.3, -0.25) is 9.59 Å².